The number of amides is 1. The van der Waals surface area contributed by atoms with E-state index in [-0.39, 0.29) is 5.54 Å². The van der Waals surface area contributed by atoms with Gasteiger partial charge < -0.3 is 10.2 Å². The van der Waals surface area contributed by atoms with Gasteiger partial charge in [-0.1, -0.05) is 11.6 Å². The van der Waals surface area contributed by atoms with Gasteiger partial charge in [-0.2, -0.15) is 0 Å². The van der Waals surface area contributed by atoms with E-state index in [2.05, 4.69) is 30.1 Å². The molecule has 0 saturated carbocycles. The van der Waals surface area contributed by atoms with Crippen LogP contribution in [0.1, 0.15) is 46.0 Å². The van der Waals surface area contributed by atoms with Crippen molar-refractivity contribution in [3.63, 3.8) is 0 Å². The highest BCUT2D eigenvalue weighted by atomic mass is 16.2. The summed E-state index contributed by atoms with van der Waals surface area (Å²) in [5.41, 5.74) is 1.32. The maximum absolute atomic E-state index is 12.3. The fraction of sp³-hybridized carbons (Fsp3) is 0.786. The summed E-state index contributed by atoms with van der Waals surface area (Å²) in [6, 6.07) is 0. The summed E-state index contributed by atoms with van der Waals surface area (Å²) in [7, 11) is 0. The highest BCUT2D eigenvalue weighted by Gasteiger charge is 2.33. The average molecular weight is 236 g/mol. The number of rotatable bonds is 2. The van der Waals surface area contributed by atoms with E-state index in [0.717, 1.165) is 32.5 Å². The van der Waals surface area contributed by atoms with Crippen molar-refractivity contribution >= 4 is 5.91 Å². The summed E-state index contributed by atoms with van der Waals surface area (Å²) in [6.45, 7) is 6.96. The Labute approximate surface area is 104 Å². The maximum Gasteiger partial charge on any atom is 0.227 e. The number of allylic oxidation sites excluding steroid dienone is 1. The first kappa shape index (κ1) is 12.6. The van der Waals surface area contributed by atoms with Crippen LogP contribution in [0, 0.1) is 0 Å². The van der Waals surface area contributed by atoms with E-state index in [1.807, 2.05) is 0 Å². The zero-order valence-corrected chi connectivity index (χ0v) is 11.1. The van der Waals surface area contributed by atoms with Crippen LogP contribution in [0.4, 0.5) is 0 Å². The lowest BCUT2D eigenvalue weighted by molar-refractivity contribution is -0.136. The molecule has 2 rings (SSSR count). The molecule has 0 aromatic carbocycles. The van der Waals surface area contributed by atoms with Crippen molar-refractivity contribution in [2.24, 2.45) is 0 Å². The first-order valence-electron chi connectivity index (χ1n) is 6.79. The number of hydrogen-bond acceptors (Lipinski definition) is 2. The van der Waals surface area contributed by atoms with Gasteiger partial charge in [0.05, 0.1) is 0 Å². The topological polar surface area (TPSA) is 32.3 Å². The molecule has 0 unspecified atom stereocenters. The van der Waals surface area contributed by atoms with Crippen molar-refractivity contribution in [2.45, 2.75) is 51.5 Å². The van der Waals surface area contributed by atoms with Gasteiger partial charge in [0.15, 0.2) is 0 Å². The van der Waals surface area contributed by atoms with Gasteiger partial charge in [0, 0.05) is 31.6 Å². The van der Waals surface area contributed by atoms with Crippen molar-refractivity contribution in [3.8, 4) is 0 Å². The predicted octanol–water partition coefficient (Wildman–Crippen LogP) is 2.09. The van der Waals surface area contributed by atoms with Crippen LogP contribution in [0.15, 0.2) is 11.6 Å². The van der Waals surface area contributed by atoms with Crippen LogP contribution in [0.2, 0.25) is 0 Å². The Bertz CT molecular complexity index is 320. The standard InChI is InChI=1S/C14H24N2O/c1-14(2)11-15-8-9-16(14)13(17)10-12-6-4-3-5-7-12/h6,15H,3-5,7-11H2,1-2H3. The Morgan fingerprint density at radius 3 is 2.94 bits per heavy atom. The Kier molecular flexibility index (Phi) is 3.87. The molecule has 2 aliphatic rings. The third-order valence-electron chi connectivity index (χ3n) is 3.86. The molecule has 1 aliphatic heterocycles. The van der Waals surface area contributed by atoms with Gasteiger partial charge in [-0.3, -0.25) is 4.79 Å². The summed E-state index contributed by atoms with van der Waals surface area (Å²) < 4.78 is 0. The second-order valence-electron chi connectivity index (χ2n) is 5.82. The molecular formula is C14H24N2O. The van der Waals surface area contributed by atoms with Crippen molar-refractivity contribution < 1.29 is 4.79 Å². The molecule has 3 heteroatoms. The van der Waals surface area contributed by atoms with E-state index in [1.165, 1.54) is 18.4 Å². The molecule has 0 spiro atoms. The molecule has 0 atom stereocenters. The minimum absolute atomic E-state index is 0.0371. The molecule has 1 fully saturated rings. The van der Waals surface area contributed by atoms with E-state index in [0.29, 0.717) is 12.3 Å². The lowest BCUT2D eigenvalue weighted by Gasteiger charge is -2.43. The highest BCUT2D eigenvalue weighted by molar-refractivity contribution is 5.79. The van der Waals surface area contributed by atoms with Crippen LogP contribution < -0.4 is 5.32 Å². The molecule has 1 saturated heterocycles. The van der Waals surface area contributed by atoms with E-state index in [9.17, 15) is 4.79 Å². The van der Waals surface area contributed by atoms with Crippen molar-refractivity contribution in [1.29, 1.82) is 0 Å². The first-order valence-corrected chi connectivity index (χ1v) is 6.79. The monoisotopic (exact) mass is 236 g/mol. The summed E-state index contributed by atoms with van der Waals surface area (Å²) in [6.07, 6.45) is 7.74. The predicted molar refractivity (Wildman–Crippen MR) is 69.8 cm³/mol. The third-order valence-corrected chi connectivity index (χ3v) is 3.86. The van der Waals surface area contributed by atoms with E-state index >= 15 is 0 Å². The van der Waals surface area contributed by atoms with E-state index in [4.69, 9.17) is 0 Å². The fourth-order valence-corrected chi connectivity index (χ4v) is 2.80. The molecule has 0 radical (unpaired) electrons. The number of nitrogens with one attached hydrogen (secondary N) is 1. The third kappa shape index (κ3) is 3.09. The number of piperazine rings is 1. The molecule has 1 heterocycles. The Balaban J connectivity index is 1.96. The molecule has 1 aliphatic carbocycles. The average Bonchev–Trinajstić information content (AvgIpc) is 2.29. The van der Waals surface area contributed by atoms with Gasteiger partial charge in [0.1, 0.15) is 0 Å². The minimum atomic E-state index is -0.0371. The first-order chi connectivity index (χ1) is 8.09. The molecule has 96 valence electrons. The minimum Gasteiger partial charge on any atom is -0.335 e. The summed E-state index contributed by atoms with van der Waals surface area (Å²) in [5.74, 6) is 0.310. The van der Waals surface area contributed by atoms with Crippen LogP contribution in [0.5, 0.6) is 0 Å². The zero-order chi connectivity index (χ0) is 12.3. The summed E-state index contributed by atoms with van der Waals surface area (Å²) in [5, 5.41) is 3.35. The molecule has 17 heavy (non-hydrogen) atoms. The Hall–Kier alpha value is -0.830. The van der Waals surface area contributed by atoms with Gasteiger partial charge in [-0.15, -0.1) is 0 Å². The van der Waals surface area contributed by atoms with Crippen molar-refractivity contribution in [2.75, 3.05) is 19.6 Å². The van der Waals surface area contributed by atoms with Crippen LogP contribution in [-0.2, 0) is 4.79 Å². The molecule has 0 aromatic rings. The second kappa shape index (κ2) is 5.21. The van der Waals surface area contributed by atoms with Gasteiger partial charge >= 0.3 is 0 Å². The van der Waals surface area contributed by atoms with Crippen molar-refractivity contribution in [3.05, 3.63) is 11.6 Å². The van der Waals surface area contributed by atoms with Gasteiger partial charge in [0.25, 0.3) is 0 Å². The maximum atomic E-state index is 12.3. The number of hydrogen-bond donors (Lipinski definition) is 1. The molecule has 0 aromatic heterocycles. The Morgan fingerprint density at radius 1 is 1.47 bits per heavy atom. The normalized spacial score (nSPS) is 24.4. The lowest BCUT2D eigenvalue weighted by Crippen LogP contribution is -2.59. The zero-order valence-electron chi connectivity index (χ0n) is 11.1. The molecule has 3 nitrogen and oxygen atoms in total. The largest absolute Gasteiger partial charge is 0.335 e. The van der Waals surface area contributed by atoms with Gasteiger partial charge in [-0.05, 0) is 39.5 Å². The summed E-state index contributed by atoms with van der Waals surface area (Å²) in [4.78, 5) is 14.4. The molecular weight excluding hydrogens is 212 g/mol. The van der Waals surface area contributed by atoms with E-state index in [1.54, 1.807) is 0 Å². The van der Waals surface area contributed by atoms with Crippen LogP contribution >= 0.6 is 0 Å². The van der Waals surface area contributed by atoms with E-state index < -0.39 is 0 Å². The SMILES string of the molecule is CC1(C)CNCCN1C(=O)CC1=CCCCC1. The number of carbonyl (C=O) groups excluding carboxylic acids is 1. The summed E-state index contributed by atoms with van der Waals surface area (Å²) >= 11 is 0. The van der Waals surface area contributed by atoms with Crippen LogP contribution in [-0.4, -0.2) is 36.0 Å². The number of nitrogens with zero attached hydrogens (tertiary/aromatic N) is 1. The van der Waals surface area contributed by atoms with Crippen LogP contribution in [0.25, 0.3) is 0 Å². The molecule has 0 bridgehead atoms. The molecule has 1 N–H and O–H groups in total. The lowest BCUT2D eigenvalue weighted by atomic mass is 9.94. The highest BCUT2D eigenvalue weighted by Crippen LogP contribution is 2.23. The Morgan fingerprint density at radius 2 is 2.29 bits per heavy atom. The van der Waals surface area contributed by atoms with Gasteiger partial charge in [-0.25, -0.2) is 0 Å². The fourth-order valence-electron chi connectivity index (χ4n) is 2.80. The van der Waals surface area contributed by atoms with Gasteiger partial charge in [0.2, 0.25) is 5.91 Å². The smallest absolute Gasteiger partial charge is 0.227 e. The molecule has 1 amide bonds. The number of carbonyl (C=O) groups is 1. The van der Waals surface area contributed by atoms with Crippen molar-refractivity contribution in [1.82, 2.24) is 10.2 Å². The second-order valence-corrected chi connectivity index (χ2v) is 5.82. The van der Waals surface area contributed by atoms with Crippen LogP contribution in [0.3, 0.4) is 0 Å². The quantitative estimate of drug-likeness (QED) is 0.745.